The first-order chi connectivity index (χ1) is 11.6. The highest BCUT2D eigenvalue weighted by atomic mass is 16.6. The van der Waals surface area contributed by atoms with E-state index in [0.717, 1.165) is 25.7 Å². The van der Waals surface area contributed by atoms with Crippen molar-refractivity contribution in [2.24, 2.45) is 0 Å². The number of aliphatic hydroxyl groups excluding tert-OH is 1. The Bertz CT molecular complexity index is 425. The lowest BCUT2D eigenvalue weighted by Gasteiger charge is -2.00. The van der Waals surface area contributed by atoms with Crippen molar-refractivity contribution in [1.29, 1.82) is 0 Å². The van der Waals surface area contributed by atoms with Crippen LogP contribution in [0.5, 0.6) is 0 Å². The molecule has 0 aromatic rings. The third-order valence-corrected chi connectivity index (χ3v) is 4.01. The van der Waals surface area contributed by atoms with Crippen LogP contribution in [0.25, 0.3) is 0 Å². The monoisotopic (exact) mass is 335 g/mol. The number of hydrogen-bond donors (Lipinski definition) is 1. The van der Waals surface area contributed by atoms with Crippen LogP contribution in [-0.2, 0) is 9.53 Å². The van der Waals surface area contributed by atoms with Gasteiger partial charge in [-0.1, -0.05) is 62.6 Å². The molecule has 1 saturated heterocycles. The highest BCUT2D eigenvalue weighted by molar-refractivity contribution is 5.64. The van der Waals surface area contributed by atoms with Crippen molar-refractivity contribution in [2.45, 2.75) is 83.0 Å². The average Bonchev–Trinajstić information content (AvgIpc) is 3.32. The van der Waals surface area contributed by atoms with E-state index < -0.39 is 12.1 Å². The zero-order chi connectivity index (χ0) is 17.6. The fourth-order valence-corrected chi connectivity index (χ4v) is 2.54. The first-order valence-corrected chi connectivity index (χ1v) is 9.15. The maximum atomic E-state index is 10.2. The predicted octanol–water partition coefficient (Wildman–Crippen LogP) is 3.06. The summed E-state index contributed by atoms with van der Waals surface area (Å²) in [5.74, 6) is -0.985. The first kappa shape index (κ1) is 20.7. The average molecular weight is 335 g/mol. The van der Waals surface area contributed by atoms with Gasteiger partial charge in [-0.3, -0.25) is 0 Å². The number of aliphatic hydroxyl groups is 1. The van der Waals surface area contributed by atoms with Gasteiger partial charge in [-0.2, -0.15) is 0 Å². The van der Waals surface area contributed by atoms with Gasteiger partial charge in [0.15, 0.2) is 0 Å². The summed E-state index contributed by atoms with van der Waals surface area (Å²) in [5.41, 5.74) is 0. The minimum absolute atomic E-state index is 0.00831. The number of carbonyl (C=O) groups excluding carboxylic acids is 1. The quantitative estimate of drug-likeness (QED) is 0.301. The van der Waals surface area contributed by atoms with E-state index in [2.05, 4.69) is 19.1 Å². The second-order valence-corrected chi connectivity index (χ2v) is 6.23. The number of unbranched alkanes of at least 4 members (excludes halogenated alkanes) is 3. The number of rotatable bonds is 14. The van der Waals surface area contributed by atoms with Crippen molar-refractivity contribution < 1.29 is 19.7 Å². The second-order valence-electron chi connectivity index (χ2n) is 6.23. The maximum Gasteiger partial charge on any atom is 0.114 e. The van der Waals surface area contributed by atoms with Crippen LogP contribution in [0, 0.1) is 0 Å². The Hall–Kier alpha value is -1.39. The van der Waals surface area contributed by atoms with E-state index >= 15 is 0 Å². The van der Waals surface area contributed by atoms with Gasteiger partial charge in [0.25, 0.3) is 0 Å². The van der Waals surface area contributed by atoms with E-state index in [1.165, 1.54) is 19.3 Å². The van der Waals surface area contributed by atoms with E-state index in [1.807, 2.05) is 24.3 Å². The van der Waals surface area contributed by atoms with Crippen LogP contribution >= 0.6 is 0 Å². The van der Waals surface area contributed by atoms with Crippen molar-refractivity contribution in [3.8, 4) is 0 Å². The highest BCUT2D eigenvalue weighted by Crippen LogP contribution is 2.30. The molecule has 1 aliphatic heterocycles. The van der Waals surface area contributed by atoms with Crippen LogP contribution in [0.15, 0.2) is 36.5 Å². The summed E-state index contributed by atoms with van der Waals surface area (Å²) in [6, 6.07) is 0. The summed E-state index contributed by atoms with van der Waals surface area (Å²) in [6.07, 6.45) is 19.5. The van der Waals surface area contributed by atoms with Crippen LogP contribution in [0.3, 0.4) is 0 Å². The van der Waals surface area contributed by atoms with Gasteiger partial charge in [0.2, 0.25) is 0 Å². The van der Waals surface area contributed by atoms with E-state index in [-0.39, 0.29) is 18.6 Å². The predicted molar refractivity (Wildman–Crippen MR) is 94.3 cm³/mol. The van der Waals surface area contributed by atoms with Crippen LogP contribution in [0.1, 0.15) is 64.7 Å². The van der Waals surface area contributed by atoms with Crippen molar-refractivity contribution in [1.82, 2.24) is 0 Å². The molecule has 1 heterocycles. The fraction of sp³-hybridized carbons (Fsp3) is 0.650. The molecule has 0 bridgehead atoms. The van der Waals surface area contributed by atoms with Crippen molar-refractivity contribution >= 4 is 5.97 Å². The van der Waals surface area contributed by atoms with Crippen LogP contribution in [0.2, 0.25) is 0 Å². The van der Waals surface area contributed by atoms with Crippen LogP contribution in [0.4, 0.5) is 0 Å². The molecule has 1 rings (SSSR count). The lowest BCUT2D eigenvalue weighted by molar-refractivity contribution is -0.305. The molecule has 0 aromatic heterocycles. The van der Waals surface area contributed by atoms with Gasteiger partial charge in [-0.15, -0.1) is 0 Å². The summed E-state index contributed by atoms with van der Waals surface area (Å²) >= 11 is 0. The van der Waals surface area contributed by atoms with Crippen molar-refractivity contribution in [2.75, 3.05) is 0 Å². The normalized spacial score (nSPS) is 21.9. The second kappa shape index (κ2) is 13.0. The van der Waals surface area contributed by atoms with E-state index in [9.17, 15) is 15.0 Å². The zero-order valence-corrected chi connectivity index (χ0v) is 14.7. The highest BCUT2D eigenvalue weighted by Gasteiger charge is 2.42. The third kappa shape index (κ3) is 10.4. The van der Waals surface area contributed by atoms with E-state index in [1.54, 1.807) is 0 Å². The maximum absolute atomic E-state index is 10.2. The number of carbonyl (C=O) groups is 1. The Morgan fingerprint density at radius 2 is 1.83 bits per heavy atom. The largest absolute Gasteiger partial charge is 0.550 e. The number of ether oxygens (including phenoxy) is 1. The molecular formula is C20H31O4-. The number of hydrogen-bond acceptors (Lipinski definition) is 4. The van der Waals surface area contributed by atoms with Crippen molar-refractivity contribution in [3.63, 3.8) is 0 Å². The van der Waals surface area contributed by atoms with E-state index in [0.29, 0.717) is 6.42 Å². The van der Waals surface area contributed by atoms with Crippen LogP contribution < -0.4 is 5.11 Å². The Labute approximate surface area is 145 Å². The molecule has 24 heavy (non-hydrogen) atoms. The van der Waals surface area contributed by atoms with Crippen molar-refractivity contribution in [3.05, 3.63) is 36.5 Å². The topological polar surface area (TPSA) is 72.9 Å². The number of aliphatic carboxylic acids is 1. The molecule has 4 heteroatoms. The van der Waals surface area contributed by atoms with Gasteiger partial charge in [-0.05, 0) is 38.5 Å². The summed E-state index contributed by atoms with van der Waals surface area (Å²) in [4.78, 5) is 10.2. The molecule has 1 fully saturated rings. The van der Waals surface area contributed by atoms with Gasteiger partial charge in [0.1, 0.15) is 12.2 Å². The summed E-state index contributed by atoms with van der Waals surface area (Å²) in [6.45, 7) is 2.18. The summed E-state index contributed by atoms with van der Waals surface area (Å²) in [5, 5.41) is 20.2. The molecule has 0 amide bonds. The van der Waals surface area contributed by atoms with Gasteiger partial charge < -0.3 is 19.7 Å². The molecule has 136 valence electrons. The molecule has 1 aliphatic rings. The zero-order valence-electron chi connectivity index (χ0n) is 14.7. The van der Waals surface area contributed by atoms with Gasteiger partial charge in [0.05, 0.1) is 6.10 Å². The fourth-order valence-electron chi connectivity index (χ4n) is 2.54. The SMILES string of the molecule is CCCCC[C@@H]1O[C@@H]1C(O)/C=C\C/C=C\C/C=C\CCCC(=O)[O-]. The van der Waals surface area contributed by atoms with Gasteiger partial charge >= 0.3 is 0 Å². The molecule has 4 nitrogen and oxygen atoms in total. The van der Waals surface area contributed by atoms with Gasteiger partial charge in [0, 0.05) is 5.97 Å². The van der Waals surface area contributed by atoms with E-state index in [4.69, 9.17) is 4.74 Å². The Morgan fingerprint density at radius 3 is 2.54 bits per heavy atom. The lowest BCUT2D eigenvalue weighted by atomic mass is 10.1. The minimum Gasteiger partial charge on any atom is -0.550 e. The van der Waals surface area contributed by atoms with Gasteiger partial charge in [-0.25, -0.2) is 0 Å². The van der Waals surface area contributed by atoms with Crippen LogP contribution in [-0.4, -0.2) is 29.4 Å². The minimum atomic E-state index is -0.985. The Kier molecular flexibility index (Phi) is 11.2. The molecule has 0 aromatic carbocycles. The lowest BCUT2D eigenvalue weighted by Crippen LogP contribution is -2.21. The number of allylic oxidation sites excluding steroid dienone is 5. The Balaban J connectivity index is 2.00. The molecule has 0 saturated carbocycles. The summed E-state index contributed by atoms with van der Waals surface area (Å²) in [7, 11) is 0. The standard InChI is InChI=1S/C20H32O4/c1-2-3-11-15-18-20(24-18)17(21)14-12-9-7-5-4-6-8-10-13-16-19(22)23/h5-8,12,14,17-18,20-21H,2-4,9-11,13,15-16H2,1H3,(H,22,23)/p-1/b7-5-,8-6-,14-12-/t17?,18-,20+/m0/s1. The number of epoxide rings is 1. The third-order valence-electron chi connectivity index (χ3n) is 4.01. The Morgan fingerprint density at radius 1 is 1.12 bits per heavy atom. The molecule has 0 spiro atoms. The number of carboxylic acids is 1. The molecule has 0 aliphatic carbocycles. The molecular weight excluding hydrogens is 304 g/mol. The first-order valence-electron chi connectivity index (χ1n) is 9.15. The summed E-state index contributed by atoms with van der Waals surface area (Å²) < 4.78 is 5.51. The molecule has 1 N–H and O–H groups in total. The molecule has 0 radical (unpaired) electrons. The smallest absolute Gasteiger partial charge is 0.114 e. The number of carboxylic acid groups (broad SMARTS) is 1. The molecule has 3 atom stereocenters. The molecule has 1 unspecified atom stereocenters.